The first-order valence-electron chi connectivity index (χ1n) is 5.17. The lowest BCUT2D eigenvalue weighted by molar-refractivity contribution is -0.648. The van der Waals surface area contributed by atoms with E-state index in [1.165, 1.54) is 17.8 Å². The fraction of sp³-hybridized carbons (Fsp3) is 0.364. The highest BCUT2D eigenvalue weighted by atomic mass is 32.1. The second kappa shape index (κ2) is 6.71. The van der Waals surface area contributed by atoms with Crippen molar-refractivity contribution in [3.63, 3.8) is 0 Å². The Hall–Kier alpha value is -0.710. The van der Waals surface area contributed by atoms with Crippen LogP contribution in [0, 0.1) is 3.95 Å². The summed E-state index contributed by atoms with van der Waals surface area (Å²) in [4.78, 5) is 3.09. The van der Waals surface area contributed by atoms with Crippen LogP contribution in [0.4, 0.5) is 0 Å². The van der Waals surface area contributed by atoms with Crippen molar-refractivity contribution in [2.24, 2.45) is 0 Å². The molecular formula is C11H17N2S2+. The molecule has 0 saturated heterocycles. The Labute approximate surface area is 99.3 Å². The molecule has 0 atom stereocenters. The van der Waals surface area contributed by atoms with Gasteiger partial charge in [-0.3, -0.25) is 0 Å². The standard InChI is InChI=1S/C7H5NS2.C4H11N/c9-7-8-5-3-1-2-4-6(5)10-7;1-3-5-4-2/h1-4H,(H,8,9);5H,3-4H2,1-2H3/p+1. The zero-order valence-electron chi connectivity index (χ0n) is 9.12. The summed E-state index contributed by atoms with van der Waals surface area (Å²) in [5.41, 5.74) is 1.14. The average molecular weight is 241 g/mol. The fourth-order valence-corrected chi connectivity index (χ4v) is 2.30. The number of thiazole rings is 1. The Kier molecular flexibility index (Phi) is 5.53. The van der Waals surface area contributed by atoms with Crippen LogP contribution in [-0.4, -0.2) is 18.1 Å². The number of aromatic amines is 1. The predicted molar refractivity (Wildman–Crippen MR) is 70.0 cm³/mol. The van der Waals surface area contributed by atoms with E-state index in [0.717, 1.165) is 9.47 Å². The van der Waals surface area contributed by atoms with Gasteiger partial charge in [-0.1, -0.05) is 12.1 Å². The summed E-state index contributed by atoms with van der Waals surface area (Å²) < 4.78 is 2.08. The highest BCUT2D eigenvalue weighted by Gasteiger charge is 1.91. The van der Waals surface area contributed by atoms with Crippen LogP contribution in [0.15, 0.2) is 24.3 Å². The van der Waals surface area contributed by atoms with E-state index in [2.05, 4.69) is 30.2 Å². The summed E-state index contributed by atoms with van der Waals surface area (Å²) in [6.45, 7) is 6.75. The van der Waals surface area contributed by atoms with Gasteiger partial charge < -0.3 is 10.3 Å². The Bertz CT molecular complexity index is 407. The third-order valence-corrected chi connectivity index (χ3v) is 3.12. The lowest BCUT2D eigenvalue weighted by Gasteiger charge is -1.83. The summed E-state index contributed by atoms with van der Waals surface area (Å²) in [7, 11) is 0. The first kappa shape index (κ1) is 12.4. The number of aromatic nitrogens is 1. The fourth-order valence-electron chi connectivity index (χ4n) is 1.18. The molecule has 3 N–H and O–H groups in total. The SMILES string of the molecule is CC[NH2+]CC.S=c1[nH]c2ccccc2s1. The van der Waals surface area contributed by atoms with Gasteiger partial charge in [-0.2, -0.15) is 0 Å². The molecule has 1 aromatic carbocycles. The van der Waals surface area contributed by atoms with Crippen LogP contribution < -0.4 is 5.32 Å². The van der Waals surface area contributed by atoms with Crippen LogP contribution >= 0.6 is 23.6 Å². The van der Waals surface area contributed by atoms with E-state index in [4.69, 9.17) is 12.2 Å². The van der Waals surface area contributed by atoms with Gasteiger partial charge in [0.15, 0.2) is 3.95 Å². The molecule has 4 heteroatoms. The molecule has 0 bridgehead atoms. The first-order valence-corrected chi connectivity index (χ1v) is 6.40. The highest BCUT2D eigenvalue weighted by molar-refractivity contribution is 7.73. The molecule has 0 fully saturated rings. The number of benzene rings is 1. The van der Waals surface area contributed by atoms with Crippen molar-refractivity contribution in [2.75, 3.05) is 13.1 Å². The summed E-state index contributed by atoms with van der Waals surface area (Å²) in [6.07, 6.45) is 0. The minimum atomic E-state index is 0.848. The van der Waals surface area contributed by atoms with E-state index >= 15 is 0 Å². The third-order valence-electron chi connectivity index (χ3n) is 1.90. The molecule has 2 aromatic rings. The maximum absolute atomic E-state index is 4.98. The molecule has 0 aliphatic heterocycles. The van der Waals surface area contributed by atoms with Crippen LogP contribution in [-0.2, 0) is 0 Å². The number of H-pyrrole nitrogens is 1. The zero-order chi connectivity index (χ0) is 11.1. The molecule has 82 valence electrons. The lowest BCUT2D eigenvalue weighted by atomic mass is 10.3. The van der Waals surface area contributed by atoms with Crippen molar-refractivity contribution < 1.29 is 5.32 Å². The number of rotatable bonds is 2. The molecule has 0 unspecified atom stereocenters. The van der Waals surface area contributed by atoms with Gasteiger partial charge in [-0.05, 0) is 38.2 Å². The summed E-state index contributed by atoms with van der Waals surface area (Å²) in [6, 6.07) is 8.11. The van der Waals surface area contributed by atoms with E-state index in [1.807, 2.05) is 18.2 Å². The molecule has 2 rings (SSSR count). The number of quaternary nitrogens is 1. The number of fused-ring (bicyclic) bond motifs is 1. The number of nitrogens with two attached hydrogens (primary N) is 1. The molecule has 0 saturated carbocycles. The van der Waals surface area contributed by atoms with Gasteiger partial charge in [0.2, 0.25) is 0 Å². The van der Waals surface area contributed by atoms with E-state index in [1.54, 1.807) is 11.3 Å². The van der Waals surface area contributed by atoms with E-state index in [0.29, 0.717) is 0 Å². The van der Waals surface area contributed by atoms with Crippen molar-refractivity contribution in [1.29, 1.82) is 0 Å². The van der Waals surface area contributed by atoms with Gasteiger partial charge in [0.25, 0.3) is 0 Å². The van der Waals surface area contributed by atoms with Gasteiger partial charge in [0.05, 0.1) is 23.3 Å². The second-order valence-electron chi connectivity index (χ2n) is 3.12. The topological polar surface area (TPSA) is 32.4 Å². The van der Waals surface area contributed by atoms with Gasteiger partial charge in [0, 0.05) is 0 Å². The normalized spacial score (nSPS) is 9.73. The van der Waals surface area contributed by atoms with Crippen molar-refractivity contribution >= 4 is 33.8 Å². The lowest BCUT2D eigenvalue weighted by Crippen LogP contribution is -2.82. The average Bonchev–Trinajstić information content (AvgIpc) is 2.60. The molecule has 0 radical (unpaired) electrons. The van der Waals surface area contributed by atoms with Crippen LogP contribution in [0.5, 0.6) is 0 Å². The monoisotopic (exact) mass is 241 g/mol. The predicted octanol–water partition coefficient (Wildman–Crippen LogP) is 2.55. The van der Waals surface area contributed by atoms with Gasteiger partial charge in [0.1, 0.15) is 0 Å². The Balaban J connectivity index is 0.000000195. The van der Waals surface area contributed by atoms with E-state index in [9.17, 15) is 0 Å². The summed E-state index contributed by atoms with van der Waals surface area (Å²) in [5, 5.41) is 2.25. The number of hydrogen-bond acceptors (Lipinski definition) is 2. The van der Waals surface area contributed by atoms with Crippen molar-refractivity contribution in [2.45, 2.75) is 13.8 Å². The number of nitrogens with one attached hydrogen (secondary N) is 1. The molecule has 2 nitrogen and oxygen atoms in total. The van der Waals surface area contributed by atoms with Gasteiger partial charge in [-0.15, -0.1) is 11.3 Å². The first-order chi connectivity index (χ1) is 7.27. The Morgan fingerprint density at radius 2 is 1.93 bits per heavy atom. The molecule has 1 aromatic heterocycles. The van der Waals surface area contributed by atoms with E-state index in [-0.39, 0.29) is 0 Å². The Morgan fingerprint density at radius 1 is 1.27 bits per heavy atom. The molecule has 0 spiro atoms. The van der Waals surface area contributed by atoms with Crippen LogP contribution in [0.3, 0.4) is 0 Å². The smallest absolute Gasteiger partial charge is 0.159 e. The second-order valence-corrected chi connectivity index (χ2v) is 4.83. The summed E-state index contributed by atoms with van der Waals surface area (Å²) in [5.74, 6) is 0. The molecular weight excluding hydrogens is 224 g/mol. The quantitative estimate of drug-likeness (QED) is 0.778. The largest absolute Gasteiger partial charge is 0.347 e. The third kappa shape index (κ3) is 4.11. The maximum Gasteiger partial charge on any atom is 0.159 e. The van der Waals surface area contributed by atoms with Crippen LogP contribution in [0.25, 0.3) is 10.2 Å². The molecule has 0 aliphatic rings. The summed E-state index contributed by atoms with van der Waals surface area (Å²) >= 11 is 6.59. The van der Waals surface area contributed by atoms with Crippen molar-refractivity contribution in [1.82, 2.24) is 4.98 Å². The zero-order valence-corrected chi connectivity index (χ0v) is 10.8. The minimum absolute atomic E-state index is 0.848. The van der Waals surface area contributed by atoms with E-state index < -0.39 is 0 Å². The van der Waals surface area contributed by atoms with Gasteiger partial charge >= 0.3 is 0 Å². The molecule has 15 heavy (non-hydrogen) atoms. The van der Waals surface area contributed by atoms with Gasteiger partial charge in [-0.25, -0.2) is 0 Å². The Morgan fingerprint density at radius 3 is 2.47 bits per heavy atom. The van der Waals surface area contributed by atoms with Crippen LogP contribution in [0.2, 0.25) is 0 Å². The highest BCUT2D eigenvalue weighted by Crippen LogP contribution is 2.17. The molecule has 0 amide bonds. The van der Waals surface area contributed by atoms with Crippen molar-refractivity contribution in [3.8, 4) is 0 Å². The number of para-hydroxylation sites is 1. The molecule has 1 heterocycles. The molecule has 0 aliphatic carbocycles. The number of hydrogen-bond donors (Lipinski definition) is 2. The van der Waals surface area contributed by atoms with Crippen molar-refractivity contribution in [3.05, 3.63) is 28.2 Å². The maximum atomic E-state index is 4.98. The minimum Gasteiger partial charge on any atom is -0.347 e. The van der Waals surface area contributed by atoms with Crippen LogP contribution in [0.1, 0.15) is 13.8 Å².